The zero-order valence-corrected chi connectivity index (χ0v) is 7.92. The monoisotopic (exact) mass is 183 g/mol. The van der Waals surface area contributed by atoms with E-state index in [0.717, 1.165) is 5.69 Å². The molecule has 0 fully saturated rings. The van der Waals surface area contributed by atoms with Crippen molar-refractivity contribution in [2.45, 2.75) is 19.8 Å². The fourth-order valence-electron chi connectivity index (χ4n) is 0.960. The van der Waals surface area contributed by atoms with Crippen LogP contribution in [-0.4, -0.2) is 23.2 Å². The van der Waals surface area contributed by atoms with Gasteiger partial charge in [0, 0.05) is 18.3 Å². The number of nitrogens with one attached hydrogen (secondary N) is 1. The van der Waals surface area contributed by atoms with Gasteiger partial charge in [-0.1, -0.05) is 13.8 Å². The van der Waals surface area contributed by atoms with Gasteiger partial charge in [-0.05, 0) is 5.92 Å². The second-order valence-electron chi connectivity index (χ2n) is 3.10. The molecule has 0 aliphatic rings. The number of rotatable bonds is 4. The smallest absolute Gasteiger partial charge is 0.129 e. The molecule has 0 bridgehead atoms. The SMILES string of the molecule is CC(C)c1cc(NCCF)ncn1. The van der Waals surface area contributed by atoms with Crippen LogP contribution in [0.3, 0.4) is 0 Å². The summed E-state index contributed by atoms with van der Waals surface area (Å²) in [5.74, 6) is 1.06. The molecule has 0 amide bonds. The minimum atomic E-state index is -0.388. The van der Waals surface area contributed by atoms with Gasteiger partial charge in [0.25, 0.3) is 0 Å². The first-order valence-electron chi connectivity index (χ1n) is 4.36. The van der Waals surface area contributed by atoms with Crippen molar-refractivity contribution < 1.29 is 4.39 Å². The summed E-state index contributed by atoms with van der Waals surface area (Å²) in [6.45, 7) is 4.03. The van der Waals surface area contributed by atoms with Crippen LogP contribution in [0.15, 0.2) is 12.4 Å². The maximum absolute atomic E-state index is 11.8. The van der Waals surface area contributed by atoms with E-state index in [2.05, 4.69) is 29.1 Å². The molecule has 1 N–H and O–H groups in total. The molecule has 3 nitrogen and oxygen atoms in total. The van der Waals surface area contributed by atoms with Crippen LogP contribution in [-0.2, 0) is 0 Å². The number of aromatic nitrogens is 2. The summed E-state index contributed by atoms with van der Waals surface area (Å²) in [5, 5.41) is 2.86. The first-order valence-corrected chi connectivity index (χ1v) is 4.36. The van der Waals surface area contributed by atoms with E-state index in [9.17, 15) is 4.39 Å². The fourth-order valence-corrected chi connectivity index (χ4v) is 0.960. The molecule has 1 aromatic rings. The molecular formula is C9H14FN3. The van der Waals surface area contributed by atoms with Crippen LogP contribution in [0.25, 0.3) is 0 Å². The molecule has 0 aliphatic heterocycles. The second kappa shape index (κ2) is 4.74. The van der Waals surface area contributed by atoms with E-state index < -0.39 is 0 Å². The van der Waals surface area contributed by atoms with E-state index in [1.165, 1.54) is 6.33 Å². The summed E-state index contributed by atoms with van der Waals surface area (Å²) < 4.78 is 11.8. The molecule has 0 saturated heterocycles. The Morgan fingerprint density at radius 1 is 1.46 bits per heavy atom. The summed E-state index contributed by atoms with van der Waals surface area (Å²) >= 11 is 0. The van der Waals surface area contributed by atoms with Crippen LogP contribution in [0.4, 0.5) is 10.2 Å². The lowest BCUT2D eigenvalue weighted by Gasteiger charge is -2.06. The van der Waals surface area contributed by atoms with Gasteiger partial charge in [0.15, 0.2) is 0 Å². The Hall–Kier alpha value is -1.19. The minimum Gasteiger partial charge on any atom is -0.367 e. The molecule has 0 aromatic carbocycles. The van der Waals surface area contributed by atoms with E-state index in [0.29, 0.717) is 18.3 Å². The summed E-state index contributed by atoms with van der Waals surface area (Å²) in [7, 11) is 0. The van der Waals surface area contributed by atoms with Gasteiger partial charge in [-0.25, -0.2) is 14.4 Å². The predicted octanol–water partition coefficient (Wildman–Crippen LogP) is 1.98. The summed E-state index contributed by atoms with van der Waals surface area (Å²) in [6.07, 6.45) is 1.50. The molecule has 1 heterocycles. The molecule has 0 aliphatic carbocycles. The average Bonchev–Trinajstić information content (AvgIpc) is 2.15. The van der Waals surface area contributed by atoms with E-state index in [4.69, 9.17) is 0 Å². The predicted molar refractivity (Wildman–Crippen MR) is 50.6 cm³/mol. The third-order valence-corrected chi connectivity index (χ3v) is 1.68. The highest BCUT2D eigenvalue weighted by Gasteiger charge is 2.01. The van der Waals surface area contributed by atoms with Gasteiger partial charge in [0.1, 0.15) is 18.8 Å². The van der Waals surface area contributed by atoms with Crippen molar-refractivity contribution in [2.75, 3.05) is 18.5 Å². The lowest BCUT2D eigenvalue weighted by atomic mass is 10.1. The number of anilines is 1. The van der Waals surface area contributed by atoms with Crippen LogP contribution in [0.5, 0.6) is 0 Å². The van der Waals surface area contributed by atoms with Crippen LogP contribution in [0.1, 0.15) is 25.5 Å². The van der Waals surface area contributed by atoms with Crippen molar-refractivity contribution in [3.63, 3.8) is 0 Å². The highest BCUT2D eigenvalue weighted by molar-refractivity contribution is 5.35. The number of hydrogen-bond acceptors (Lipinski definition) is 3. The van der Waals surface area contributed by atoms with Crippen LogP contribution < -0.4 is 5.32 Å². The summed E-state index contributed by atoms with van der Waals surface area (Å²) in [4.78, 5) is 8.07. The fraction of sp³-hybridized carbons (Fsp3) is 0.556. The van der Waals surface area contributed by atoms with Crippen LogP contribution in [0, 0.1) is 0 Å². The molecule has 0 unspecified atom stereocenters. The van der Waals surface area contributed by atoms with Gasteiger partial charge >= 0.3 is 0 Å². The third-order valence-electron chi connectivity index (χ3n) is 1.68. The Morgan fingerprint density at radius 2 is 2.23 bits per heavy atom. The first kappa shape index (κ1) is 9.89. The molecule has 0 atom stereocenters. The molecule has 1 rings (SSSR count). The van der Waals surface area contributed by atoms with E-state index in [-0.39, 0.29) is 6.67 Å². The number of halogens is 1. The van der Waals surface area contributed by atoms with Crippen molar-refractivity contribution in [1.82, 2.24) is 9.97 Å². The van der Waals surface area contributed by atoms with Gasteiger partial charge < -0.3 is 5.32 Å². The largest absolute Gasteiger partial charge is 0.367 e. The first-order chi connectivity index (χ1) is 6.24. The third kappa shape index (κ3) is 2.97. The van der Waals surface area contributed by atoms with Crippen molar-refractivity contribution in [3.05, 3.63) is 18.1 Å². The standard InChI is InChI=1S/C9H14FN3/c1-7(2)8-5-9(11-4-3-10)13-6-12-8/h5-7H,3-4H2,1-2H3,(H,11,12,13). The van der Waals surface area contributed by atoms with Crippen LogP contribution in [0.2, 0.25) is 0 Å². The lowest BCUT2D eigenvalue weighted by Crippen LogP contribution is -2.06. The molecular weight excluding hydrogens is 169 g/mol. The minimum absolute atomic E-state index is 0.300. The highest BCUT2D eigenvalue weighted by atomic mass is 19.1. The zero-order valence-electron chi connectivity index (χ0n) is 7.92. The van der Waals surface area contributed by atoms with Crippen molar-refractivity contribution in [1.29, 1.82) is 0 Å². The van der Waals surface area contributed by atoms with Gasteiger partial charge in [0.05, 0.1) is 0 Å². The molecule has 4 heteroatoms. The molecule has 0 spiro atoms. The van der Waals surface area contributed by atoms with E-state index in [1.54, 1.807) is 0 Å². The normalized spacial score (nSPS) is 10.5. The number of nitrogens with zero attached hydrogens (tertiary/aromatic N) is 2. The topological polar surface area (TPSA) is 37.8 Å². The van der Waals surface area contributed by atoms with Crippen molar-refractivity contribution in [3.8, 4) is 0 Å². The molecule has 0 radical (unpaired) electrons. The van der Waals surface area contributed by atoms with Crippen molar-refractivity contribution in [2.24, 2.45) is 0 Å². The Balaban J connectivity index is 2.68. The van der Waals surface area contributed by atoms with Crippen LogP contribution >= 0.6 is 0 Å². The summed E-state index contributed by atoms with van der Waals surface area (Å²) in [6, 6.07) is 1.85. The van der Waals surface area contributed by atoms with Gasteiger partial charge in [0.2, 0.25) is 0 Å². The number of hydrogen-bond donors (Lipinski definition) is 1. The van der Waals surface area contributed by atoms with E-state index >= 15 is 0 Å². The van der Waals surface area contributed by atoms with Gasteiger partial charge in [-0.3, -0.25) is 0 Å². The molecule has 1 aromatic heterocycles. The van der Waals surface area contributed by atoms with Gasteiger partial charge in [-0.2, -0.15) is 0 Å². The molecule has 0 saturated carbocycles. The highest BCUT2D eigenvalue weighted by Crippen LogP contribution is 2.13. The molecule has 13 heavy (non-hydrogen) atoms. The Labute approximate surface area is 77.4 Å². The lowest BCUT2D eigenvalue weighted by molar-refractivity contribution is 0.512. The second-order valence-corrected chi connectivity index (χ2v) is 3.10. The molecule has 72 valence electrons. The Morgan fingerprint density at radius 3 is 2.85 bits per heavy atom. The Kier molecular flexibility index (Phi) is 3.61. The zero-order chi connectivity index (χ0) is 9.68. The maximum atomic E-state index is 11.8. The maximum Gasteiger partial charge on any atom is 0.129 e. The summed E-state index contributed by atoms with van der Waals surface area (Å²) in [5.41, 5.74) is 0.969. The Bertz CT molecular complexity index is 263. The van der Waals surface area contributed by atoms with Crippen molar-refractivity contribution >= 4 is 5.82 Å². The number of alkyl halides is 1. The average molecular weight is 183 g/mol. The quantitative estimate of drug-likeness (QED) is 0.775. The van der Waals surface area contributed by atoms with Gasteiger partial charge in [-0.15, -0.1) is 0 Å². The van der Waals surface area contributed by atoms with E-state index in [1.807, 2.05) is 6.07 Å².